The fraction of sp³-hybridized carbons (Fsp3) is 0.125. The van der Waals surface area contributed by atoms with Crippen molar-refractivity contribution < 1.29 is 9.53 Å². The van der Waals surface area contributed by atoms with Crippen molar-refractivity contribution in [2.24, 2.45) is 4.99 Å². The molecule has 21 heavy (non-hydrogen) atoms. The van der Waals surface area contributed by atoms with Crippen LogP contribution in [0.15, 0.2) is 47.5 Å². The molecule has 0 unspecified atom stereocenters. The van der Waals surface area contributed by atoms with Crippen molar-refractivity contribution in [2.45, 2.75) is 6.42 Å². The largest absolute Gasteiger partial charge is 0.496 e. The Morgan fingerprint density at radius 2 is 1.81 bits per heavy atom. The molecule has 1 heterocycles. The van der Waals surface area contributed by atoms with Gasteiger partial charge in [0.15, 0.2) is 0 Å². The lowest BCUT2D eigenvalue weighted by molar-refractivity contribution is 0.100. The van der Waals surface area contributed by atoms with Gasteiger partial charge >= 0.3 is 0 Å². The molecule has 2 aromatic rings. The van der Waals surface area contributed by atoms with Crippen LogP contribution < -0.4 is 10.5 Å². The fourth-order valence-corrected chi connectivity index (χ4v) is 2.43. The minimum atomic E-state index is -0.251. The van der Waals surface area contributed by atoms with Crippen LogP contribution in [0.4, 0.5) is 5.69 Å². The number of carbonyl (C=O) groups is 1. The highest BCUT2D eigenvalue weighted by molar-refractivity contribution is 8.93. The number of nitrogens with zero attached hydrogens (tertiary/aromatic N) is 1. The van der Waals surface area contributed by atoms with E-state index in [4.69, 9.17) is 10.5 Å². The number of nitrogen functional groups attached to an aromatic ring is 1. The summed E-state index contributed by atoms with van der Waals surface area (Å²) in [5, 5.41) is 0. The van der Waals surface area contributed by atoms with Crippen LogP contribution in [0, 0.1) is 0 Å². The quantitative estimate of drug-likeness (QED) is 0.850. The number of hydrogen-bond acceptors (Lipinski definition) is 3. The maximum absolute atomic E-state index is 12.1. The minimum Gasteiger partial charge on any atom is -0.496 e. The number of para-hydroxylation sites is 1. The summed E-state index contributed by atoms with van der Waals surface area (Å²) >= 11 is 0. The zero-order chi connectivity index (χ0) is 14.1. The van der Waals surface area contributed by atoms with Crippen LogP contribution in [0.5, 0.6) is 5.75 Å². The van der Waals surface area contributed by atoms with Crippen molar-refractivity contribution in [1.29, 1.82) is 0 Å². The van der Waals surface area contributed by atoms with Gasteiger partial charge in [0.1, 0.15) is 5.75 Å². The number of anilines is 1. The summed E-state index contributed by atoms with van der Waals surface area (Å²) in [4.78, 5) is 16.3. The second-order valence-corrected chi connectivity index (χ2v) is 4.61. The molecule has 2 aromatic carbocycles. The molecular weight excluding hydrogens is 332 g/mol. The molecule has 108 valence electrons. The highest BCUT2D eigenvalue weighted by Crippen LogP contribution is 2.27. The molecule has 0 saturated carbocycles. The number of halogens is 1. The number of benzene rings is 2. The second-order valence-electron chi connectivity index (χ2n) is 4.61. The first kappa shape index (κ1) is 15.3. The topological polar surface area (TPSA) is 64.7 Å². The average Bonchev–Trinajstić information content (AvgIpc) is 2.48. The highest BCUT2D eigenvalue weighted by atomic mass is 79.9. The van der Waals surface area contributed by atoms with E-state index in [9.17, 15) is 4.79 Å². The van der Waals surface area contributed by atoms with Crippen LogP contribution in [0.2, 0.25) is 0 Å². The Morgan fingerprint density at radius 1 is 1.10 bits per heavy atom. The molecule has 0 aromatic heterocycles. The Labute approximate surface area is 133 Å². The average molecular weight is 347 g/mol. The van der Waals surface area contributed by atoms with E-state index in [1.807, 2.05) is 24.3 Å². The Hall–Kier alpha value is -2.14. The van der Waals surface area contributed by atoms with Crippen LogP contribution in [-0.4, -0.2) is 18.7 Å². The zero-order valence-electron chi connectivity index (χ0n) is 11.5. The molecule has 0 fully saturated rings. The van der Waals surface area contributed by atoms with Gasteiger partial charge in [-0.1, -0.05) is 18.2 Å². The van der Waals surface area contributed by atoms with Gasteiger partial charge in [-0.25, -0.2) is 4.99 Å². The number of ether oxygens (including phenoxy) is 1. The lowest BCUT2D eigenvalue weighted by atomic mass is 9.93. The van der Waals surface area contributed by atoms with E-state index < -0.39 is 0 Å². The van der Waals surface area contributed by atoms with E-state index in [0.29, 0.717) is 29.1 Å². The summed E-state index contributed by atoms with van der Waals surface area (Å²) in [5.74, 6) is 0.455. The molecule has 4 nitrogen and oxygen atoms in total. The number of fused-ring (bicyclic) bond motifs is 1. The maximum Gasteiger partial charge on any atom is 0.277 e. The number of carbonyl (C=O) groups excluding carboxylic acids is 1. The molecule has 5 heteroatoms. The van der Waals surface area contributed by atoms with E-state index in [2.05, 4.69) is 4.99 Å². The van der Waals surface area contributed by atoms with Crippen LogP contribution in [-0.2, 0) is 6.42 Å². The molecule has 1 aliphatic rings. The lowest BCUT2D eigenvalue weighted by Gasteiger charge is -2.18. The normalized spacial score (nSPS) is 13.0. The second kappa shape index (κ2) is 6.10. The Balaban J connectivity index is 0.00000161. The first-order chi connectivity index (χ1) is 9.70. The molecule has 0 bridgehead atoms. The predicted octanol–water partition coefficient (Wildman–Crippen LogP) is 3.04. The lowest BCUT2D eigenvalue weighted by Crippen LogP contribution is -2.19. The molecule has 3 rings (SSSR count). The molecule has 1 amide bonds. The summed E-state index contributed by atoms with van der Waals surface area (Å²) in [7, 11) is 1.60. The van der Waals surface area contributed by atoms with Crippen LogP contribution in [0.3, 0.4) is 0 Å². The van der Waals surface area contributed by atoms with E-state index >= 15 is 0 Å². The first-order valence-corrected chi connectivity index (χ1v) is 6.33. The number of nitrogens with two attached hydrogens (primary N) is 1. The van der Waals surface area contributed by atoms with Gasteiger partial charge in [0, 0.05) is 23.2 Å². The van der Waals surface area contributed by atoms with E-state index in [1.165, 1.54) is 0 Å². The van der Waals surface area contributed by atoms with Gasteiger partial charge in [0.05, 0.1) is 12.8 Å². The third-order valence-electron chi connectivity index (χ3n) is 3.44. The summed E-state index contributed by atoms with van der Waals surface area (Å²) in [6, 6.07) is 12.9. The van der Waals surface area contributed by atoms with Crippen LogP contribution in [0.25, 0.3) is 0 Å². The van der Waals surface area contributed by atoms with Crippen molar-refractivity contribution in [3.8, 4) is 5.75 Å². The molecule has 0 spiro atoms. The van der Waals surface area contributed by atoms with Gasteiger partial charge in [0.25, 0.3) is 5.91 Å². The van der Waals surface area contributed by atoms with E-state index in [0.717, 1.165) is 11.1 Å². The minimum absolute atomic E-state index is 0. The van der Waals surface area contributed by atoms with Crippen LogP contribution in [0.1, 0.15) is 21.5 Å². The molecule has 2 N–H and O–H groups in total. The Bertz CT molecular complexity index is 726. The first-order valence-electron chi connectivity index (χ1n) is 6.33. The molecule has 0 saturated heterocycles. The standard InChI is InChI=1S/C16H14N2O2.BrH/c1-20-15-8-3-2-5-11(15)14-9-12-10(16(19)18-14)6-4-7-13(12)17;/h2-8H,9,17H2,1H3;1H. The van der Waals surface area contributed by atoms with Gasteiger partial charge in [-0.05, 0) is 29.8 Å². The van der Waals surface area contributed by atoms with Gasteiger partial charge in [0.2, 0.25) is 0 Å². The number of hydrogen-bond donors (Lipinski definition) is 1. The van der Waals surface area contributed by atoms with Gasteiger partial charge in [-0.2, -0.15) is 0 Å². The number of amides is 1. The summed E-state index contributed by atoms with van der Waals surface area (Å²) in [6.45, 7) is 0. The van der Waals surface area contributed by atoms with Gasteiger partial charge in [-0.3, -0.25) is 4.79 Å². The number of aliphatic imine (C=N–C) groups is 1. The predicted molar refractivity (Wildman–Crippen MR) is 88.7 cm³/mol. The van der Waals surface area contributed by atoms with E-state index in [1.54, 1.807) is 25.3 Å². The van der Waals surface area contributed by atoms with Crippen molar-refractivity contribution in [2.75, 3.05) is 12.8 Å². The van der Waals surface area contributed by atoms with E-state index in [-0.39, 0.29) is 22.9 Å². The fourth-order valence-electron chi connectivity index (χ4n) is 2.43. The van der Waals surface area contributed by atoms with Crippen molar-refractivity contribution >= 4 is 34.3 Å². The molecular formula is C16H15BrN2O2. The summed E-state index contributed by atoms with van der Waals surface area (Å²) < 4.78 is 5.33. The SMILES string of the molecule is Br.COc1ccccc1C1=NC(=O)c2cccc(N)c2C1. The van der Waals surface area contributed by atoms with Gasteiger partial charge in [-0.15, -0.1) is 17.0 Å². The van der Waals surface area contributed by atoms with Gasteiger partial charge < -0.3 is 10.5 Å². The van der Waals surface area contributed by atoms with Crippen LogP contribution >= 0.6 is 17.0 Å². The Kier molecular flexibility index (Phi) is 4.43. The third kappa shape index (κ3) is 2.69. The number of rotatable bonds is 2. The van der Waals surface area contributed by atoms with Crippen molar-refractivity contribution in [3.63, 3.8) is 0 Å². The molecule has 0 aliphatic carbocycles. The summed E-state index contributed by atoms with van der Waals surface area (Å²) in [5.41, 5.74) is 9.55. The highest BCUT2D eigenvalue weighted by Gasteiger charge is 2.23. The van der Waals surface area contributed by atoms with Crippen molar-refractivity contribution in [1.82, 2.24) is 0 Å². The molecule has 0 atom stereocenters. The molecule has 0 radical (unpaired) electrons. The molecule has 1 aliphatic heterocycles. The maximum atomic E-state index is 12.1. The number of methoxy groups -OCH3 is 1. The van der Waals surface area contributed by atoms with Crippen molar-refractivity contribution in [3.05, 3.63) is 59.2 Å². The monoisotopic (exact) mass is 346 g/mol. The Morgan fingerprint density at radius 3 is 2.57 bits per heavy atom. The summed E-state index contributed by atoms with van der Waals surface area (Å²) in [6.07, 6.45) is 0.536. The zero-order valence-corrected chi connectivity index (χ0v) is 13.2. The smallest absolute Gasteiger partial charge is 0.277 e. The third-order valence-corrected chi connectivity index (χ3v) is 3.44.